The molecule has 0 aromatic heterocycles. The fourth-order valence-corrected chi connectivity index (χ4v) is 3.47. The molecule has 0 aliphatic heterocycles. The fourth-order valence-electron chi connectivity index (χ4n) is 2.53. The predicted molar refractivity (Wildman–Crippen MR) is 119 cm³/mol. The van der Waals surface area contributed by atoms with Crippen molar-refractivity contribution in [1.82, 2.24) is 0 Å². The van der Waals surface area contributed by atoms with E-state index in [0.717, 1.165) is 16.7 Å². The van der Waals surface area contributed by atoms with Gasteiger partial charge in [0.15, 0.2) is 14.1 Å². The summed E-state index contributed by atoms with van der Waals surface area (Å²) in [5.74, 6) is 0.0950. The summed E-state index contributed by atoms with van der Waals surface area (Å²) in [7, 11) is -1.71. The summed E-state index contributed by atoms with van der Waals surface area (Å²) in [6.07, 6.45) is 2.18. The van der Waals surface area contributed by atoms with Crippen LogP contribution < -0.4 is 0 Å². The van der Waals surface area contributed by atoms with Crippen molar-refractivity contribution in [2.75, 3.05) is 6.61 Å². The van der Waals surface area contributed by atoms with Gasteiger partial charge in [-0.3, -0.25) is 4.79 Å². The maximum atomic E-state index is 11.4. The average molecular weight is 381 g/mol. The first-order valence-corrected chi connectivity index (χ1v) is 12.4. The number of Topliss-reactive ketones (excluding diaryl/α,β-unsaturated/α-hetero) is 1. The third kappa shape index (κ3) is 5.50. The van der Waals surface area contributed by atoms with Gasteiger partial charge in [-0.05, 0) is 54.2 Å². The molecule has 3 heteroatoms. The van der Waals surface area contributed by atoms with Crippen molar-refractivity contribution in [3.05, 3.63) is 65.7 Å². The number of benzene rings is 2. The Hall–Kier alpha value is -1.97. The van der Waals surface area contributed by atoms with Crippen molar-refractivity contribution in [3.8, 4) is 11.1 Å². The van der Waals surface area contributed by atoms with Crippen molar-refractivity contribution >= 4 is 19.7 Å². The number of carbonyl (C=O) groups excluding carboxylic acids is 1. The van der Waals surface area contributed by atoms with Gasteiger partial charge in [0.1, 0.15) is 0 Å². The highest BCUT2D eigenvalue weighted by Gasteiger charge is 2.36. The largest absolute Gasteiger partial charge is 0.413 e. The van der Waals surface area contributed by atoms with Gasteiger partial charge in [-0.25, -0.2) is 0 Å². The quantitative estimate of drug-likeness (QED) is 0.399. The first-order valence-electron chi connectivity index (χ1n) is 9.54. The minimum absolute atomic E-state index is 0.0950. The van der Waals surface area contributed by atoms with E-state index in [1.54, 1.807) is 6.92 Å². The first-order chi connectivity index (χ1) is 12.5. The molecule has 2 aromatic carbocycles. The van der Waals surface area contributed by atoms with E-state index in [9.17, 15) is 4.79 Å². The SMILES string of the molecule is CC(=O)c1ccc(-c2ccc(C(C)=CCO[Si](C)(C)C(C)(C)C)cc2)cc1. The highest BCUT2D eigenvalue weighted by molar-refractivity contribution is 6.74. The molecule has 0 bridgehead atoms. The van der Waals surface area contributed by atoms with Crippen LogP contribution in [0.5, 0.6) is 0 Å². The molecule has 0 amide bonds. The number of ketones is 1. The van der Waals surface area contributed by atoms with Crippen LogP contribution in [0.15, 0.2) is 54.6 Å². The zero-order chi connectivity index (χ0) is 20.2. The number of carbonyl (C=O) groups is 1. The molecule has 2 aromatic rings. The van der Waals surface area contributed by atoms with E-state index in [4.69, 9.17) is 4.43 Å². The molecule has 0 atom stereocenters. The van der Waals surface area contributed by atoms with Gasteiger partial charge < -0.3 is 4.43 Å². The van der Waals surface area contributed by atoms with Crippen LogP contribution in [0.25, 0.3) is 16.7 Å². The molecular weight excluding hydrogens is 348 g/mol. The van der Waals surface area contributed by atoms with Gasteiger partial charge in [-0.2, -0.15) is 0 Å². The third-order valence-corrected chi connectivity index (χ3v) is 10.1. The van der Waals surface area contributed by atoms with Gasteiger partial charge in [-0.15, -0.1) is 0 Å². The molecule has 0 saturated carbocycles. The lowest BCUT2D eigenvalue weighted by Crippen LogP contribution is -2.40. The van der Waals surface area contributed by atoms with Crippen LogP contribution in [0.3, 0.4) is 0 Å². The van der Waals surface area contributed by atoms with Crippen molar-refractivity contribution in [2.24, 2.45) is 0 Å². The van der Waals surface area contributed by atoms with Crippen LogP contribution in [-0.4, -0.2) is 20.7 Å². The molecule has 0 saturated heterocycles. The second-order valence-corrected chi connectivity index (χ2v) is 13.5. The zero-order valence-electron chi connectivity index (χ0n) is 17.7. The summed E-state index contributed by atoms with van der Waals surface area (Å²) in [5, 5.41) is 0.230. The van der Waals surface area contributed by atoms with E-state index in [1.807, 2.05) is 24.3 Å². The van der Waals surface area contributed by atoms with Crippen molar-refractivity contribution < 1.29 is 9.22 Å². The molecular formula is C24H32O2Si. The minimum atomic E-state index is -1.71. The Morgan fingerprint density at radius 1 is 0.889 bits per heavy atom. The highest BCUT2D eigenvalue weighted by Crippen LogP contribution is 2.36. The fraction of sp³-hybridized carbons (Fsp3) is 0.375. The molecule has 0 spiro atoms. The Bertz CT molecular complexity index is 807. The minimum Gasteiger partial charge on any atom is -0.413 e. The second-order valence-electron chi connectivity index (χ2n) is 8.67. The maximum absolute atomic E-state index is 11.4. The maximum Gasteiger partial charge on any atom is 0.192 e. The predicted octanol–water partition coefficient (Wildman–Crippen LogP) is 6.98. The average Bonchev–Trinajstić information content (AvgIpc) is 2.60. The zero-order valence-corrected chi connectivity index (χ0v) is 18.7. The van der Waals surface area contributed by atoms with E-state index >= 15 is 0 Å². The standard InChI is InChI=1S/C24H32O2Si/c1-18(16-17-26-27(6,7)24(3,4)5)20-8-12-22(13-9-20)23-14-10-21(11-15-23)19(2)25/h8-16H,17H2,1-7H3. The molecule has 27 heavy (non-hydrogen) atoms. The van der Waals surface area contributed by atoms with Crippen molar-refractivity contribution in [1.29, 1.82) is 0 Å². The number of rotatable bonds is 6. The van der Waals surface area contributed by atoms with Crippen LogP contribution in [0, 0.1) is 0 Å². The van der Waals surface area contributed by atoms with E-state index in [2.05, 4.69) is 71.1 Å². The van der Waals surface area contributed by atoms with E-state index in [1.165, 1.54) is 11.1 Å². The lowest BCUT2D eigenvalue weighted by atomic mass is 9.99. The summed E-state index contributed by atoms with van der Waals surface area (Å²) in [5.41, 5.74) is 5.45. The van der Waals surface area contributed by atoms with Crippen LogP contribution in [0.1, 0.15) is 50.5 Å². The van der Waals surface area contributed by atoms with Crippen LogP contribution in [-0.2, 0) is 4.43 Å². The summed E-state index contributed by atoms with van der Waals surface area (Å²) in [6, 6.07) is 16.3. The molecule has 0 unspecified atom stereocenters. The molecule has 0 fully saturated rings. The normalized spacial score (nSPS) is 12.9. The van der Waals surface area contributed by atoms with E-state index in [0.29, 0.717) is 6.61 Å². The Morgan fingerprint density at radius 3 is 1.74 bits per heavy atom. The third-order valence-electron chi connectivity index (χ3n) is 5.60. The molecule has 0 N–H and O–H groups in total. The smallest absolute Gasteiger partial charge is 0.192 e. The van der Waals surface area contributed by atoms with Crippen molar-refractivity contribution in [3.63, 3.8) is 0 Å². The second kappa shape index (κ2) is 8.36. The number of hydrogen-bond acceptors (Lipinski definition) is 2. The number of allylic oxidation sites excluding steroid dienone is 1. The molecule has 2 rings (SSSR count). The first kappa shape index (κ1) is 21.3. The summed E-state index contributed by atoms with van der Waals surface area (Å²) < 4.78 is 6.24. The van der Waals surface area contributed by atoms with Gasteiger partial charge >= 0.3 is 0 Å². The Balaban J connectivity index is 2.06. The van der Waals surface area contributed by atoms with Gasteiger partial charge in [0.2, 0.25) is 0 Å². The lowest BCUT2D eigenvalue weighted by molar-refractivity contribution is 0.101. The van der Waals surface area contributed by atoms with Crippen LogP contribution in [0.2, 0.25) is 18.1 Å². The van der Waals surface area contributed by atoms with Gasteiger partial charge in [0.05, 0.1) is 6.61 Å². The van der Waals surface area contributed by atoms with Gasteiger partial charge in [0.25, 0.3) is 0 Å². The number of hydrogen-bond donors (Lipinski definition) is 0. The van der Waals surface area contributed by atoms with E-state index < -0.39 is 8.32 Å². The summed E-state index contributed by atoms with van der Waals surface area (Å²) in [4.78, 5) is 11.4. The van der Waals surface area contributed by atoms with Crippen molar-refractivity contribution in [2.45, 2.75) is 52.8 Å². The molecule has 144 valence electrons. The highest BCUT2D eigenvalue weighted by atomic mass is 28.4. The van der Waals surface area contributed by atoms with Crippen LogP contribution >= 0.6 is 0 Å². The molecule has 2 nitrogen and oxygen atoms in total. The topological polar surface area (TPSA) is 26.3 Å². The summed E-state index contributed by atoms with van der Waals surface area (Å²) >= 11 is 0. The Kier molecular flexibility index (Phi) is 6.61. The molecule has 0 aliphatic carbocycles. The van der Waals surface area contributed by atoms with E-state index in [-0.39, 0.29) is 10.8 Å². The molecule has 0 radical (unpaired) electrons. The lowest BCUT2D eigenvalue weighted by Gasteiger charge is -2.35. The Morgan fingerprint density at radius 2 is 1.33 bits per heavy atom. The monoisotopic (exact) mass is 380 g/mol. The van der Waals surface area contributed by atoms with Gasteiger partial charge in [0, 0.05) is 5.56 Å². The summed E-state index contributed by atoms with van der Waals surface area (Å²) in [6.45, 7) is 15.7. The van der Waals surface area contributed by atoms with Gasteiger partial charge in [-0.1, -0.05) is 75.4 Å². The Labute approximate surface area is 165 Å². The van der Waals surface area contributed by atoms with Crippen LogP contribution in [0.4, 0.5) is 0 Å². The molecule has 0 aliphatic rings. The molecule has 0 heterocycles.